The number of benzene rings is 1. The summed E-state index contributed by atoms with van der Waals surface area (Å²) in [5.74, 6) is -2.31. The van der Waals surface area contributed by atoms with Gasteiger partial charge in [0.15, 0.2) is 5.82 Å². The zero-order chi connectivity index (χ0) is 15.3. The predicted octanol–water partition coefficient (Wildman–Crippen LogP) is 1.80. The Balaban J connectivity index is 2.90. The van der Waals surface area contributed by atoms with Crippen LogP contribution in [0.25, 0.3) is 0 Å². The highest BCUT2D eigenvalue weighted by atomic mass is 19.1. The number of halogens is 1. The Labute approximate surface area is 115 Å². The third-order valence-corrected chi connectivity index (χ3v) is 2.61. The maximum atomic E-state index is 13.7. The number of aromatic carboxylic acids is 1. The van der Waals surface area contributed by atoms with E-state index in [1.807, 2.05) is 19.0 Å². The molecule has 1 aromatic carbocycles. The quantitative estimate of drug-likeness (QED) is 0.450. The van der Waals surface area contributed by atoms with Crippen LogP contribution in [-0.4, -0.2) is 48.1 Å². The fourth-order valence-electron chi connectivity index (χ4n) is 1.64. The van der Waals surface area contributed by atoms with Crippen molar-refractivity contribution in [2.24, 2.45) is 0 Å². The van der Waals surface area contributed by atoms with Gasteiger partial charge in [-0.1, -0.05) is 0 Å². The summed E-state index contributed by atoms with van der Waals surface area (Å²) in [4.78, 5) is 22.7. The topological polar surface area (TPSA) is 95.7 Å². The Hall–Kier alpha value is -2.22. The Bertz CT molecular complexity index is 520. The molecule has 1 aromatic rings. The summed E-state index contributed by atoms with van der Waals surface area (Å²) in [5.41, 5.74) is -1.34. The van der Waals surface area contributed by atoms with Gasteiger partial charge < -0.3 is 15.3 Å². The molecule has 0 saturated heterocycles. The lowest BCUT2D eigenvalue weighted by atomic mass is 10.1. The van der Waals surface area contributed by atoms with Gasteiger partial charge in [0, 0.05) is 6.54 Å². The van der Waals surface area contributed by atoms with E-state index in [0.29, 0.717) is 12.6 Å². The summed E-state index contributed by atoms with van der Waals surface area (Å²) in [6.07, 6.45) is 0.728. The molecular weight excluding hydrogens is 269 g/mol. The van der Waals surface area contributed by atoms with E-state index in [1.165, 1.54) is 0 Å². The van der Waals surface area contributed by atoms with E-state index in [0.717, 1.165) is 19.0 Å². The largest absolute Gasteiger partial charge is 0.477 e. The molecule has 2 N–H and O–H groups in total. The van der Waals surface area contributed by atoms with Gasteiger partial charge in [-0.2, -0.15) is 0 Å². The molecule has 20 heavy (non-hydrogen) atoms. The van der Waals surface area contributed by atoms with E-state index in [1.54, 1.807) is 0 Å². The fraction of sp³-hybridized carbons (Fsp3) is 0.417. The van der Waals surface area contributed by atoms with Crippen LogP contribution in [0.4, 0.5) is 15.8 Å². The molecule has 0 atom stereocenters. The first-order valence-corrected chi connectivity index (χ1v) is 5.92. The maximum absolute atomic E-state index is 13.7. The number of hydrogen-bond acceptors (Lipinski definition) is 5. The third kappa shape index (κ3) is 4.16. The van der Waals surface area contributed by atoms with Crippen LogP contribution < -0.4 is 5.32 Å². The van der Waals surface area contributed by atoms with Crippen LogP contribution in [0.3, 0.4) is 0 Å². The molecule has 0 bridgehead atoms. The van der Waals surface area contributed by atoms with Crippen molar-refractivity contribution in [1.82, 2.24) is 4.90 Å². The molecule has 1 rings (SSSR count). The van der Waals surface area contributed by atoms with Gasteiger partial charge in [-0.15, -0.1) is 0 Å². The summed E-state index contributed by atoms with van der Waals surface area (Å²) < 4.78 is 13.7. The van der Waals surface area contributed by atoms with Gasteiger partial charge in [-0.3, -0.25) is 10.1 Å². The molecule has 110 valence electrons. The lowest BCUT2D eigenvalue weighted by molar-refractivity contribution is -0.385. The SMILES string of the molecule is CN(C)CCCNc1cc(C(=O)O)c([N+](=O)[O-])cc1F. The van der Waals surface area contributed by atoms with Gasteiger partial charge >= 0.3 is 5.97 Å². The van der Waals surface area contributed by atoms with Crippen LogP contribution in [0, 0.1) is 15.9 Å². The molecule has 0 aliphatic rings. The number of carboxylic acids is 1. The van der Waals surface area contributed by atoms with Crippen LogP contribution in [0.5, 0.6) is 0 Å². The van der Waals surface area contributed by atoms with E-state index in [-0.39, 0.29) is 5.69 Å². The lowest BCUT2D eigenvalue weighted by Gasteiger charge is -2.11. The smallest absolute Gasteiger partial charge is 0.342 e. The van der Waals surface area contributed by atoms with Crippen molar-refractivity contribution < 1.29 is 19.2 Å². The zero-order valence-corrected chi connectivity index (χ0v) is 11.2. The third-order valence-electron chi connectivity index (χ3n) is 2.61. The minimum atomic E-state index is -1.46. The van der Waals surface area contributed by atoms with Crippen LogP contribution in [0.1, 0.15) is 16.8 Å². The maximum Gasteiger partial charge on any atom is 0.342 e. The molecule has 0 heterocycles. The molecule has 0 unspecified atom stereocenters. The standard InChI is InChI=1S/C12H16FN3O4/c1-15(2)5-3-4-14-10-6-8(12(17)18)11(16(19)20)7-9(10)13/h6-7,14H,3-5H2,1-2H3,(H,17,18). The number of rotatable bonds is 7. The average molecular weight is 285 g/mol. The minimum Gasteiger partial charge on any atom is -0.477 e. The summed E-state index contributed by atoms with van der Waals surface area (Å²) >= 11 is 0. The molecule has 0 radical (unpaired) electrons. The molecular formula is C12H16FN3O4. The average Bonchev–Trinajstić information content (AvgIpc) is 2.34. The number of hydrogen-bond donors (Lipinski definition) is 2. The molecule has 0 fully saturated rings. The van der Waals surface area contributed by atoms with Crippen molar-refractivity contribution in [3.05, 3.63) is 33.6 Å². The van der Waals surface area contributed by atoms with E-state index < -0.39 is 28.0 Å². The van der Waals surface area contributed by atoms with E-state index >= 15 is 0 Å². The first kappa shape index (κ1) is 15.8. The number of nitrogens with one attached hydrogen (secondary N) is 1. The van der Waals surface area contributed by atoms with E-state index in [9.17, 15) is 19.3 Å². The monoisotopic (exact) mass is 285 g/mol. The Morgan fingerprint density at radius 3 is 2.65 bits per heavy atom. The Kier molecular flexibility index (Phi) is 5.39. The number of nitrogens with zero attached hydrogens (tertiary/aromatic N) is 2. The van der Waals surface area contributed by atoms with Gasteiger partial charge in [0.2, 0.25) is 0 Å². The summed E-state index contributed by atoms with van der Waals surface area (Å²) in [7, 11) is 3.80. The van der Waals surface area contributed by atoms with Crippen molar-refractivity contribution in [3.8, 4) is 0 Å². The van der Waals surface area contributed by atoms with Gasteiger partial charge in [-0.25, -0.2) is 9.18 Å². The molecule has 8 heteroatoms. The summed E-state index contributed by atoms with van der Waals surface area (Å²) in [5, 5.41) is 22.3. The van der Waals surface area contributed by atoms with E-state index in [4.69, 9.17) is 5.11 Å². The second kappa shape index (κ2) is 6.80. The van der Waals surface area contributed by atoms with Crippen LogP contribution in [-0.2, 0) is 0 Å². The zero-order valence-electron chi connectivity index (χ0n) is 11.2. The fourth-order valence-corrected chi connectivity index (χ4v) is 1.64. The van der Waals surface area contributed by atoms with Gasteiger partial charge in [0.1, 0.15) is 5.56 Å². The Morgan fingerprint density at radius 2 is 2.15 bits per heavy atom. The molecule has 0 aromatic heterocycles. The normalized spacial score (nSPS) is 10.6. The molecule has 7 nitrogen and oxygen atoms in total. The predicted molar refractivity (Wildman–Crippen MR) is 71.7 cm³/mol. The minimum absolute atomic E-state index is 0.0493. The van der Waals surface area contributed by atoms with Crippen molar-refractivity contribution in [2.45, 2.75) is 6.42 Å². The molecule has 0 amide bonds. The number of carbonyl (C=O) groups is 1. The van der Waals surface area contributed by atoms with Gasteiger partial charge in [0.05, 0.1) is 16.7 Å². The first-order valence-electron chi connectivity index (χ1n) is 5.92. The van der Waals surface area contributed by atoms with Crippen LogP contribution in [0.15, 0.2) is 12.1 Å². The number of carboxylic acid groups (broad SMARTS) is 1. The second-order valence-electron chi connectivity index (χ2n) is 4.50. The number of nitro benzene ring substituents is 1. The lowest BCUT2D eigenvalue weighted by Crippen LogP contribution is -2.17. The molecule has 0 saturated carbocycles. The molecule has 0 aliphatic carbocycles. The van der Waals surface area contributed by atoms with Gasteiger partial charge in [-0.05, 0) is 33.1 Å². The van der Waals surface area contributed by atoms with E-state index in [2.05, 4.69) is 5.32 Å². The van der Waals surface area contributed by atoms with Crippen LogP contribution in [0.2, 0.25) is 0 Å². The summed E-state index contributed by atoms with van der Waals surface area (Å²) in [6.45, 7) is 1.22. The second-order valence-corrected chi connectivity index (χ2v) is 4.50. The van der Waals surface area contributed by atoms with Crippen molar-refractivity contribution >= 4 is 17.3 Å². The van der Waals surface area contributed by atoms with Crippen LogP contribution >= 0.6 is 0 Å². The van der Waals surface area contributed by atoms with Gasteiger partial charge in [0.25, 0.3) is 5.69 Å². The number of anilines is 1. The molecule has 0 aliphatic heterocycles. The Morgan fingerprint density at radius 1 is 1.50 bits per heavy atom. The van der Waals surface area contributed by atoms with Crippen molar-refractivity contribution in [1.29, 1.82) is 0 Å². The van der Waals surface area contributed by atoms with Crippen molar-refractivity contribution in [2.75, 3.05) is 32.5 Å². The highest BCUT2D eigenvalue weighted by molar-refractivity contribution is 5.93. The first-order chi connectivity index (χ1) is 9.32. The molecule has 0 spiro atoms. The highest BCUT2D eigenvalue weighted by Gasteiger charge is 2.23. The number of nitro groups is 1. The highest BCUT2D eigenvalue weighted by Crippen LogP contribution is 2.26. The summed E-state index contributed by atoms with van der Waals surface area (Å²) in [6, 6.07) is 1.57. The van der Waals surface area contributed by atoms with Crippen molar-refractivity contribution in [3.63, 3.8) is 0 Å².